The molecule has 1 fully saturated rings. The SMILES string of the molecule is Cc1cnc2c(S(=O)(=O)NCC3(CO)CC3)cccc2c1. The quantitative estimate of drug-likeness (QED) is 0.879. The van der Waals surface area contributed by atoms with E-state index in [1.165, 1.54) is 0 Å². The van der Waals surface area contributed by atoms with Crippen LogP contribution in [0.5, 0.6) is 0 Å². The number of hydrogen-bond acceptors (Lipinski definition) is 4. The molecule has 2 N–H and O–H groups in total. The first-order valence-electron chi connectivity index (χ1n) is 6.92. The number of para-hydroxylation sites is 1. The van der Waals surface area contributed by atoms with Crippen molar-refractivity contribution in [3.05, 3.63) is 36.0 Å². The summed E-state index contributed by atoms with van der Waals surface area (Å²) in [6.45, 7) is 2.21. The molecule has 0 spiro atoms. The third-order valence-electron chi connectivity index (χ3n) is 4.03. The average molecular weight is 306 g/mol. The topological polar surface area (TPSA) is 79.3 Å². The normalized spacial score (nSPS) is 17.0. The lowest BCUT2D eigenvalue weighted by Crippen LogP contribution is -2.32. The van der Waals surface area contributed by atoms with Gasteiger partial charge in [0.15, 0.2) is 0 Å². The maximum Gasteiger partial charge on any atom is 0.242 e. The first-order valence-corrected chi connectivity index (χ1v) is 8.40. The lowest BCUT2D eigenvalue weighted by molar-refractivity contribution is 0.213. The van der Waals surface area contributed by atoms with Crippen LogP contribution < -0.4 is 4.72 Å². The fraction of sp³-hybridized carbons (Fsp3) is 0.400. The molecule has 1 aromatic heterocycles. The van der Waals surface area contributed by atoms with E-state index in [2.05, 4.69) is 9.71 Å². The third-order valence-corrected chi connectivity index (χ3v) is 5.46. The number of aliphatic hydroxyl groups excluding tert-OH is 1. The van der Waals surface area contributed by atoms with Crippen LogP contribution in [0.25, 0.3) is 10.9 Å². The molecular weight excluding hydrogens is 288 g/mol. The molecule has 1 saturated carbocycles. The van der Waals surface area contributed by atoms with Crippen molar-refractivity contribution in [2.45, 2.75) is 24.7 Å². The van der Waals surface area contributed by atoms with Crippen molar-refractivity contribution in [3.63, 3.8) is 0 Å². The standard InChI is InChI=1S/C15H18N2O3S/c1-11-7-12-3-2-4-13(14(12)16-8-11)21(19,20)17-9-15(10-18)5-6-15/h2-4,7-8,17-18H,5-6,9-10H2,1H3. The number of aromatic nitrogens is 1. The van der Waals surface area contributed by atoms with E-state index in [0.29, 0.717) is 5.52 Å². The highest BCUT2D eigenvalue weighted by Gasteiger charge is 2.42. The minimum Gasteiger partial charge on any atom is -0.396 e. The monoisotopic (exact) mass is 306 g/mol. The first kappa shape index (κ1) is 14.4. The van der Waals surface area contributed by atoms with E-state index >= 15 is 0 Å². The summed E-state index contributed by atoms with van der Waals surface area (Å²) in [4.78, 5) is 4.45. The number of nitrogens with one attached hydrogen (secondary N) is 1. The van der Waals surface area contributed by atoms with Crippen molar-refractivity contribution in [3.8, 4) is 0 Å². The molecular formula is C15H18N2O3S. The summed E-state index contributed by atoms with van der Waals surface area (Å²) in [6, 6.07) is 7.05. The molecule has 1 aliphatic carbocycles. The van der Waals surface area contributed by atoms with Crippen LogP contribution in [0.15, 0.2) is 35.4 Å². The van der Waals surface area contributed by atoms with Gasteiger partial charge in [0.05, 0.1) is 5.52 Å². The van der Waals surface area contributed by atoms with Crippen LogP contribution in [0.1, 0.15) is 18.4 Å². The Bertz CT molecular complexity index is 783. The molecule has 2 aromatic rings. The molecule has 112 valence electrons. The second-order valence-electron chi connectivity index (χ2n) is 5.82. The Kier molecular flexibility index (Phi) is 3.47. The number of rotatable bonds is 5. The van der Waals surface area contributed by atoms with E-state index in [9.17, 15) is 13.5 Å². The number of aryl methyl sites for hydroxylation is 1. The minimum atomic E-state index is -3.63. The second kappa shape index (κ2) is 5.05. The number of benzene rings is 1. The highest BCUT2D eigenvalue weighted by atomic mass is 32.2. The Labute approximate surface area is 124 Å². The summed E-state index contributed by atoms with van der Waals surface area (Å²) in [5, 5.41) is 10.1. The zero-order valence-electron chi connectivity index (χ0n) is 11.8. The van der Waals surface area contributed by atoms with Gasteiger partial charge in [0.2, 0.25) is 10.0 Å². The van der Waals surface area contributed by atoms with Crippen molar-refractivity contribution in [1.82, 2.24) is 9.71 Å². The second-order valence-corrected chi connectivity index (χ2v) is 7.56. The Morgan fingerprint density at radius 3 is 2.81 bits per heavy atom. The molecule has 5 nitrogen and oxygen atoms in total. The molecule has 0 aliphatic heterocycles. The molecule has 1 aliphatic rings. The number of hydrogen-bond donors (Lipinski definition) is 2. The van der Waals surface area contributed by atoms with Crippen molar-refractivity contribution in [2.75, 3.05) is 13.2 Å². The number of aliphatic hydroxyl groups is 1. The Hall–Kier alpha value is -1.50. The number of fused-ring (bicyclic) bond motifs is 1. The van der Waals surface area contributed by atoms with Crippen LogP contribution in [0.4, 0.5) is 0 Å². The van der Waals surface area contributed by atoms with E-state index in [-0.39, 0.29) is 23.5 Å². The van der Waals surface area contributed by atoms with Crippen molar-refractivity contribution < 1.29 is 13.5 Å². The van der Waals surface area contributed by atoms with E-state index in [1.54, 1.807) is 18.3 Å². The largest absolute Gasteiger partial charge is 0.396 e. The summed E-state index contributed by atoms with van der Waals surface area (Å²) in [7, 11) is -3.63. The molecule has 1 aromatic carbocycles. The molecule has 0 radical (unpaired) electrons. The van der Waals surface area contributed by atoms with Crippen LogP contribution in [-0.4, -0.2) is 31.7 Å². The summed E-state index contributed by atoms with van der Waals surface area (Å²) >= 11 is 0. The summed E-state index contributed by atoms with van der Waals surface area (Å²) in [6.07, 6.45) is 3.38. The zero-order valence-corrected chi connectivity index (χ0v) is 12.7. The van der Waals surface area contributed by atoms with Gasteiger partial charge in [0.1, 0.15) is 4.90 Å². The molecule has 0 unspecified atom stereocenters. The molecule has 6 heteroatoms. The summed E-state index contributed by atoms with van der Waals surface area (Å²) < 4.78 is 27.6. The lowest BCUT2D eigenvalue weighted by Gasteiger charge is -2.14. The molecule has 1 heterocycles. The Balaban J connectivity index is 1.95. The molecule has 0 bridgehead atoms. The van der Waals surface area contributed by atoms with Gasteiger partial charge < -0.3 is 5.11 Å². The van der Waals surface area contributed by atoms with Gasteiger partial charge in [-0.15, -0.1) is 0 Å². The van der Waals surface area contributed by atoms with Gasteiger partial charge in [0.25, 0.3) is 0 Å². The highest BCUT2D eigenvalue weighted by Crippen LogP contribution is 2.44. The van der Waals surface area contributed by atoms with Gasteiger partial charge in [-0.05, 0) is 37.5 Å². The van der Waals surface area contributed by atoms with Crippen LogP contribution in [-0.2, 0) is 10.0 Å². The average Bonchev–Trinajstić information content (AvgIpc) is 3.25. The Morgan fingerprint density at radius 1 is 1.38 bits per heavy atom. The lowest BCUT2D eigenvalue weighted by atomic mass is 10.1. The fourth-order valence-corrected chi connectivity index (χ4v) is 3.69. The smallest absolute Gasteiger partial charge is 0.242 e. The predicted octanol–water partition coefficient (Wildman–Crippen LogP) is 1.59. The molecule has 3 rings (SSSR count). The maximum absolute atomic E-state index is 12.5. The van der Waals surface area contributed by atoms with Crippen LogP contribution in [0, 0.1) is 12.3 Å². The number of sulfonamides is 1. The van der Waals surface area contributed by atoms with Crippen molar-refractivity contribution in [2.24, 2.45) is 5.41 Å². The van der Waals surface area contributed by atoms with Crippen LogP contribution >= 0.6 is 0 Å². The molecule has 0 amide bonds. The molecule has 21 heavy (non-hydrogen) atoms. The molecule has 0 atom stereocenters. The fourth-order valence-electron chi connectivity index (χ4n) is 2.35. The van der Waals surface area contributed by atoms with Gasteiger partial charge in [-0.3, -0.25) is 4.98 Å². The van der Waals surface area contributed by atoms with E-state index < -0.39 is 10.0 Å². The zero-order chi connectivity index (χ0) is 15.1. The van der Waals surface area contributed by atoms with Crippen LogP contribution in [0.3, 0.4) is 0 Å². The molecule has 0 saturated heterocycles. The Morgan fingerprint density at radius 2 is 2.14 bits per heavy atom. The van der Waals surface area contributed by atoms with Gasteiger partial charge >= 0.3 is 0 Å². The van der Waals surface area contributed by atoms with Crippen LogP contribution in [0.2, 0.25) is 0 Å². The third kappa shape index (κ3) is 2.79. The number of pyridine rings is 1. The van der Waals surface area contributed by atoms with Crippen molar-refractivity contribution >= 4 is 20.9 Å². The van der Waals surface area contributed by atoms with Gasteiger partial charge in [0, 0.05) is 30.1 Å². The van der Waals surface area contributed by atoms with Gasteiger partial charge in [-0.25, -0.2) is 13.1 Å². The summed E-state index contributed by atoms with van der Waals surface area (Å²) in [5.41, 5.74) is 1.20. The van der Waals surface area contributed by atoms with E-state index in [1.807, 2.05) is 19.1 Å². The number of nitrogens with zero attached hydrogens (tertiary/aromatic N) is 1. The predicted molar refractivity (Wildman–Crippen MR) is 80.4 cm³/mol. The van der Waals surface area contributed by atoms with Crippen molar-refractivity contribution in [1.29, 1.82) is 0 Å². The van der Waals surface area contributed by atoms with Gasteiger partial charge in [-0.2, -0.15) is 0 Å². The van der Waals surface area contributed by atoms with E-state index in [4.69, 9.17) is 0 Å². The summed E-state index contributed by atoms with van der Waals surface area (Å²) in [5.74, 6) is 0. The maximum atomic E-state index is 12.5. The van der Waals surface area contributed by atoms with Gasteiger partial charge in [-0.1, -0.05) is 12.1 Å². The highest BCUT2D eigenvalue weighted by molar-refractivity contribution is 7.89. The first-order chi connectivity index (χ1) is 9.96. The minimum absolute atomic E-state index is 0.0164. The van der Waals surface area contributed by atoms with E-state index in [0.717, 1.165) is 23.8 Å².